The van der Waals surface area contributed by atoms with Crippen molar-refractivity contribution in [3.8, 4) is 0 Å². The lowest BCUT2D eigenvalue weighted by Gasteiger charge is -2.18. The second-order valence-electron chi connectivity index (χ2n) is 5.98. The number of rotatable bonds is 8. The van der Waals surface area contributed by atoms with Gasteiger partial charge in [-0.2, -0.15) is 0 Å². The number of hydrogen-bond acceptors (Lipinski definition) is 2. The van der Waals surface area contributed by atoms with Gasteiger partial charge in [0.25, 0.3) is 0 Å². The van der Waals surface area contributed by atoms with Crippen LogP contribution in [0.25, 0.3) is 0 Å². The number of nitrogens with one attached hydrogen (secondary N) is 1. The first-order valence-electron chi connectivity index (χ1n) is 8.34. The van der Waals surface area contributed by atoms with Crippen molar-refractivity contribution >= 4 is 24.0 Å². The van der Waals surface area contributed by atoms with Crippen molar-refractivity contribution in [1.82, 2.24) is 5.32 Å². The molecule has 3 rings (SSSR count). The molecule has 4 heteroatoms. The Morgan fingerprint density at radius 2 is 1.68 bits per heavy atom. The van der Waals surface area contributed by atoms with E-state index in [-0.39, 0.29) is 12.4 Å². The van der Waals surface area contributed by atoms with Crippen molar-refractivity contribution in [2.75, 3.05) is 6.54 Å². The van der Waals surface area contributed by atoms with E-state index >= 15 is 0 Å². The van der Waals surface area contributed by atoms with E-state index in [1.807, 2.05) is 24.3 Å². The molecule has 1 unspecified atom stereocenters. The third-order valence-corrected chi connectivity index (χ3v) is 4.47. The zero-order chi connectivity index (χ0) is 16.6. The maximum absolute atomic E-state index is 6.04. The fourth-order valence-corrected chi connectivity index (χ4v) is 3.05. The summed E-state index contributed by atoms with van der Waals surface area (Å²) in [5.74, 6) is 1.44. The molecule has 1 aromatic heterocycles. The third kappa shape index (κ3) is 6.24. The Hall–Kier alpha value is -1.74. The molecule has 2 aromatic carbocycles. The van der Waals surface area contributed by atoms with E-state index in [4.69, 9.17) is 16.0 Å². The zero-order valence-electron chi connectivity index (χ0n) is 14.0. The van der Waals surface area contributed by atoms with Crippen LogP contribution < -0.4 is 5.32 Å². The molecule has 0 fully saturated rings. The molecule has 25 heavy (non-hydrogen) atoms. The van der Waals surface area contributed by atoms with E-state index < -0.39 is 0 Å². The molecule has 132 valence electrons. The van der Waals surface area contributed by atoms with Gasteiger partial charge in [-0.15, -0.1) is 12.4 Å². The topological polar surface area (TPSA) is 25.2 Å². The SMILES string of the molecule is Cl.Clc1ccc(C(CCNCc2ccco2)Cc2ccccc2)cc1. The molecular formula is C21H23Cl2NO. The van der Waals surface area contributed by atoms with E-state index in [9.17, 15) is 0 Å². The Morgan fingerprint density at radius 1 is 0.920 bits per heavy atom. The van der Waals surface area contributed by atoms with Crippen LogP contribution >= 0.6 is 24.0 Å². The Kier molecular flexibility index (Phi) is 8.07. The van der Waals surface area contributed by atoms with Crippen molar-refractivity contribution in [1.29, 1.82) is 0 Å². The molecular weight excluding hydrogens is 353 g/mol. The molecule has 3 aromatic rings. The molecule has 1 atom stereocenters. The molecule has 0 amide bonds. The number of benzene rings is 2. The Labute approximate surface area is 160 Å². The van der Waals surface area contributed by atoms with Gasteiger partial charge in [0.05, 0.1) is 12.8 Å². The molecule has 1 heterocycles. The molecule has 0 aliphatic heterocycles. The quantitative estimate of drug-likeness (QED) is 0.498. The predicted octanol–water partition coefficient (Wildman–Crippen LogP) is 5.86. The van der Waals surface area contributed by atoms with Crippen LogP contribution in [0.2, 0.25) is 5.02 Å². The lowest BCUT2D eigenvalue weighted by atomic mass is 9.89. The van der Waals surface area contributed by atoms with Crippen molar-refractivity contribution < 1.29 is 4.42 Å². The zero-order valence-corrected chi connectivity index (χ0v) is 15.6. The maximum Gasteiger partial charge on any atom is 0.117 e. The average Bonchev–Trinajstić information content (AvgIpc) is 3.13. The summed E-state index contributed by atoms with van der Waals surface area (Å²) < 4.78 is 5.36. The first-order valence-corrected chi connectivity index (χ1v) is 8.71. The van der Waals surface area contributed by atoms with Gasteiger partial charge in [-0.05, 0) is 60.7 Å². The number of halogens is 2. The second kappa shape index (κ2) is 10.3. The van der Waals surface area contributed by atoms with Crippen LogP contribution in [0.3, 0.4) is 0 Å². The minimum Gasteiger partial charge on any atom is -0.468 e. The first-order chi connectivity index (χ1) is 11.8. The van der Waals surface area contributed by atoms with Crippen LogP contribution in [-0.2, 0) is 13.0 Å². The summed E-state index contributed by atoms with van der Waals surface area (Å²) in [6, 6.07) is 22.8. The Balaban J connectivity index is 0.00000225. The summed E-state index contributed by atoms with van der Waals surface area (Å²) >= 11 is 6.04. The minimum absolute atomic E-state index is 0. The van der Waals surface area contributed by atoms with Gasteiger partial charge in [0, 0.05) is 5.02 Å². The summed E-state index contributed by atoms with van der Waals surface area (Å²) in [5.41, 5.74) is 2.70. The van der Waals surface area contributed by atoms with Crippen molar-refractivity contribution in [2.45, 2.75) is 25.3 Å². The summed E-state index contributed by atoms with van der Waals surface area (Å²) in [6.45, 7) is 1.71. The standard InChI is InChI=1S/C21H22ClNO.ClH/c22-20-10-8-18(9-11-20)19(15-17-5-2-1-3-6-17)12-13-23-16-21-7-4-14-24-21;/h1-11,14,19,23H,12-13,15-16H2;1H. The summed E-state index contributed by atoms with van der Waals surface area (Å²) in [7, 11) is 0. The molecule has 0 bridgehead atoms. The average molecular weight is 376 g/mol. The van der Waals surface area contributed by atoms with Crippen LogP contribution in [0.5, 0.6) is 0 Å². The van der Waals surface area contributed by atoms with Gasteiger partial charge >= 0.3 is 0 Å². The highest BCUT2D eigenvalue weighted by Crippen LogP contribution is 2.25. The van der Waals surface area contributed by atoms with E-state index in [2.05, 4.69) is 47.8 Å². The van der Waals surface area contributed by atoms with Gasteiger partial charge in [0.15, 0.2) is 0 Å². The first kappa shape index (κ1) is 19.6. The highest BCUT2D eigenvalue weighted by atomic mass is 35.5. The highest BCUT2D eigenvalue weighted by molar-refractivity contribution is 6.30. The highest BCUT2D eigenvalue weighted by Gasteiger charge is 2.12. The lowest BCUT2D eigenvalue weighted by Crippen LogP contribution is -2.18. The fraction of sp³-hybridized carbons (Fsp3) is 0.238. The molecule has 1 N–H and O–H groups in total. The molecule has 0 aliphatic carbocycles. The smallest absolute Gasteiger partial charge is 0.117 e. The minimum atomic E-state index is 0. The Bertz CT molecular complexity index is 711. The van der Waals surface area contributed by atoms with Crippen LogP contribution in [0.1, 0.15) is 29.2 Å². The van der Waals surface area contributed by atoms with Crippen molar-refractivity contribution in [3.63, 3.8) is 0 Å². The van der Waals surface area contributed by atoms with Gasteiger partial charge < -0.3 is 9.73 Å². The van der Waals surface area contributed by atoms with Gasteiger partial charge in [-0.25, -0.2) is 0 Å². The van der Waals surface area contributed by atoms with Crippen molar-refractivity contribution in [2.24, 2.45) is 0 Å². The van der Waals surface area contributed by atoms with Crippen LogP contribution in [0, 0.1) is 0 Å². The molecule has 0 aliphatic rings. The van der Waals surface area contributed by atoms with Gasteiger partial charge in [0.2, 0.25) is 0 Å². The summed E-state index contributed by atoms with van der Waals surface area (Å²) in [6.07, 6.45) is 3.81. The lowest BCUT2D eigenvalue weighted by molar-refractivity contribution is 0.472. The Morgan fingerprint density at radius 3 is 2.36 bits per heavy atom. The van der Waals surface area contributed by atoms with Crippen molar-refractivity contribution in [3.05, 3.63) is 94.9 Å². The normalized spacial score (nSPS) is 11.7. The maximum atomic E-state index is 6.04. The monoisotopic (exact) mass is 375 g/mol. The van der Waals surface area contributed by atoms with Gasteiger partial charge in [-0.1, -0.05) is 54.1 Å². The van der Waals surface area contributed by atoms with Crippen LogP contribution in [0.15, 0.2) is 77.4 Å². The van der Waals surface area contributed by atoms with Gasteiger partial charge in [-0.3, -0.25) is 0 Å². The summed E-state index contributed by atoms with van der Waals surface area (Å²) in [4.78, 5) is 0. The predicted molar refractivity (Wildman–Crippen MR) is 107 cm³/mol. The van der Waals surface area contributed by atoms with Crippen LogP contribution in [0.4, 0.5) is 0 Å². The third-order valence-electron chi connectivity index (χ3n) is 4.22. The van der Waals surface area contributed by atoms with E-state index in [0.717, 1.165) is 36.7 Å². The second-order valence-corrected chi connectivity index (χ2v) is 6.42. The van der Waals surface area contributed by atoms with Crippen LogP contribution in [-0.4, -0.2) is 6.54 Å². The molecule has 0 saturated heterocycles. The van der Waals surface area contributed by atoms with E-state index in [1.54, 1.807) is 6.26 Å². The molecule has 2 nitrogen and oxygen atoms in total. The van der Waals surface area contributed by atoms with Gasteiger partial charge in [0.1, 0.15) is 5.76 Å². The largest absolute Gasteiger partial charge is 0.468 e. The fourth-order valence-electron chi connectivity index (χ4n) is 2.92. The van der Waals surface area contributed by atoms with E-state index in [0.29, 0.717) is 5.92 Å². The number of hydrogen-bond donors (Lipinski definition) is 1. The van der Waals surface area contributed by atoms with E-state index in [1.165, 1.54) is 11.1 Å². The molecule has 0 saturated carbocycles. The molecule has 0 spiro atoms. The molecule has 0 radical (unpaired) electrons. The summed E-state index contributed by atoms with van der Waals surface area (Å²) in [5, 5.41) is 4.25. The number of furan rings is 1.